The van der Waals surface area contributed by atoms with Crippen molar-refractivity contribution in [3.8, 4) is 6.01 Å². The van der Waals surface area contributed by atoms with E-state index in [1.807, 2.05) is 20.8 Å². The van der Waals surface area contributed by atoms with Crippen LogP contribution in [0.5, 0.6) is 6.01 Å². The first kappa shape index (κ1) is 13.8. The molecule has 2 N–H and O–H groups in total. The van der Waals surface area contributed by atoms with Gasteiger partial charge in [-0.05, 0) is 39.0 Å². The van der Waals surface area contributed by atoms with Gasteiger partial charge in [-0.2, -0.15) is 15.0 Å². The zero-order valence-electron chi connectivity index (χ0n) is 12.1. The molecular weight excluding hydrogens is 242 g/mol. The van der Waals surface area contributed by atoms with Crippen molar-refractivity contribution in [2.45, 2.75) is 40.2 Å². The molecule has 0 radical (unpaired) electrons. The standard InChI is InChI=1S/C13H23N5O/c1-5-14-11-16-12(15-7-10-6-9(10)4)18-13(17-11)19-8(2)3/h8-10H,5-7H2,1-4H3,(H2,14,15,16,17,18). The monoisotopic (exact) mass is 265 g/mol. The molecule has 2 unspecified atom stereocenters. The highest BCUT2D eigenvalue weighted by atomic mass is 16.5. The van der Waals surface area contributed by atoms with Crippen LogP contribution >= 0.6 is 0 Å². The van der Waals surface area contributed by atoms with Gasteiger partial charge in [-0.3, -0.25) is 0 Å². The number of ether oxygens (including phenoxy) is 1. The zero-order chi connectivity index (χ0) is 13.8. The van der Waals surface area contributed by atoms with Gasteiger partial charge >= 0.3 is 6.01 Å². The van der Waals surface area contributed by atoms with Gasteiger partial charge < -0.3 is 15.4 Å². The predicted octanol–water partition coefficient (Wildman–Crippen LogP) is 2.16. The van der Waals surface area contributed by atoms with Crippen LogP contribution in [0.3, 0.4) is 0 Å². The van der Waals surface area contributed by atoms with Gasteiger partial charge in [-0.25, -0.2) is 0 Å². The second-order valence-corrected chi connectivity index (χ2v) is 5.32. The SMILES string of the molecule is CCNc1nc(NCC2CC2C)nc(OC(C)C)n1. The maximum absolute atomic E-state index is 5.54. The molecule has 6 heteroatoms. The van der Waals surface area contributed by atoms with Crippen molar-refractivity contribution >= 4 is 11.9 Å². The first-order valence-corrected chi connectivity index (χ1v) is 6.99. The maximum Gasteiger partial charge on any atom is 0.323 e. The van der Waals surface area contributed by atoms with Gasteiger partial charge in [-0.15, -0.1) is 0 Å². The first-order chi connectivity index (χ1) is 9.08. The van der Waals surface area contributed by atoms with E-state index in [1.54, 1.807) is 0 Å². The summed E-state index contributed by atoms with van der Waals surface area (Å²) in [7, 11) is 0. The van der Waals surface area contributed by atoms with E-state index < -0.39 is 0 Å². The van der Waals surface area contributed by atoms with Crippen LogP contribution in [-0.2, 0) is 0 Å². The number of hydrogen-bond acceptors (Lipinski definition) is 6. The van der Waals surface area contributed by atoms with Gasteiger partial charge in [0.15, 0.2) is 0 Å². The van der Waals surface area contributed by atoms with Crippen LogP contribution in [0.25, 0.3) is 0 Å². The number of anilines is 2. The lowest BCUT2D eigenvalue weighted by Gasteiger charge is -2.11. The molecule has 0 bridgehead atoms. The Hall–Kier alpha value is -1.59. The molecule has 0 aromatic carbocycles. The summed E-state index contributed by atoms with van der Waals surface area (Å²) in [6.07, 6.45) is 1.33. The van der Waals surface area contributed by atoms with Crippen LogP contribution < -0.4 is 15.4 Å². The maximum atomic E-state index is 5.54. The highest BCUT2D eigenvalue weighted by molar-refractivity contribution is 5.36. The summed E-state index contributed by atoms with van der Waals surface area (Å²) in [5.41, 5.74) is 0. The topological polar surface area (TPSA) is 72.0 Å². The lowest BCUT2D eigenvalue weighted by Crippen LogP contribution is -2.14. The van der Waals surface area contributed by atoms with Crippen LogP contribution in [-0.4, -0.2) is 34.1 Å². The van der Waals surface area contributed by atoms with Gasteiger partial charge in [0.05, 0.1) is 6.10 Å². The van der Waals surface area contributed by atoms with Crippen molar-refractivity contribution in [3.05, 3.63) is 0 Å². The summed E-state index contributed by atoms with van der Waals surface area (Å²) in [4.78, 5) is 12.8. The average molecular weight is 265 g/mol. The van der Waals surface area contributed by atoms with E-state index in [-0.39, 0.29) is 6.10 Å². The number of aromatic nitrogens is 3. The Morgan fingerprint density at radius 3 is 2.37 bits per heavy atom. The van der Waals surface area contributed by atoms with E-state index in [0.29, 0.717) is 17.9 Å². The summed E-state index contributed by atoms with van der Waals surface area (Å²) in [5.74, 6) is 2.70. The minimum absolute atomic E-state index is 0.0492. The third kappa shape index (κ3) is 4.22. The molecule has 19 heavy (non-hydrogen) atoms. The third-order valence-electron chi connectivity index (χ3n) is 3.09. The average Bonchev–Trinajstić information content (AvgIpc) is 3.02. The highest BCUT2D eigenvalue weighted by Crippen LogP contribution is 2.37. The summed E-state index contributed by atoms with van der Waals surface area (Å²) in [6.45, 7) is 9.86. The molecule has 0 saturated heterocycles. The van der Waals surface area contributed by atoms with E-state index in [4.69, 9.17) is 4.74 Å². The molecule has 1 aliphatic rings. The number of nitrogens with one attached hydrogen (secondary N) is 2. The molecule has 1 heterocycles. The van der Waals surface area contributed by atoms with E-state index >= 15 is 0 Å². The number of hydrogen-bond donors (Lipinski definition) is 2. The largest absolute Gasteiger partial charge is 0.461 e. The second kappa shape index (κ2) is 6.04. The predicted molar refractivity (Wildman–Crippen MR) is 75.5 cm³/mol. The smallest absolute Gasteiger partial charge is 0.323 e. The highest BCUT2D eigenvalue weighted by Gasteiger charge is 2.32. The quantitative estimate of drug-likeness (QED) is 0.787. The third-order valence-corrected chi connectivity index (χ3v) is 3.09. The van der Waals surface area contributed by atoms with Gasteiger partial charge in [-0.1, -0.05) is 6.92 Å². The minimum Gasteiger partial charge on any atom is -0.461 e. The van der Waals surface area contributed by atoms with Crippen molar-refractivity contribution < 1.29 is 4.74 Å². The molecule has 1 aliphatic carbocycles. The molecule has 1 fully saturated rings. The van der Waals surface area contributed by atoms with Crippen LogP contribution in [0.2, 0.25) is 0 Å². The molecule has 1 saturated carbocycles. The molecular formula is C13H23N5O. The van der Waals surface area contributed by atoms with Crippen LogP contribution in [0.4, 0.5) is 11.9 Å². The van der Waals surface area contributed by atoms with Crippen molar-refractivity contribution in [2.24, 2.45) is 11.8 Å². The minimum atomic E-state index is 0.0492. The number of nitrogens with zero attached hydrogens (tertiary/aromatic N) is 3. The molecule has 106 valence electrons. The van der Waals surface area contributed by atoms with E-state index in [0.717, 1.165) is 24.9 Å². The van der Waals surface area contributed by atoms with E-state index in [9.17, 15) is 0 Å². The van der Waals surface area contributed by atoms with Crippen LogP contribution in [0.15, 0.2) is 0 Å². The Balaban J connectivity index is 2.04. The fraction of sp³-hybridized carbons (Fsp3) is 0.769. The molecule has 0 spiro atoms. The lowest BCUT2D eigenvalue weighted by molar-refractivity contribution is 0.222. The van der Waals surface area contributed by atoms with Crippen molar-refractivity contribution in [2.75, 3.05) is 23.7 Å². The molecule has 0 aliphatic heterocycles. The van der Waals surface area contributed by atoms with Crippen molar-refractivity contribution in [1.82, 2.24) is 15.0 Å². The molecule has 2 rings (SSSR count). The zero-order valence-corrected chi connectivity index (χ0v) is 12.1. The van der Waals surface area contributed by atoms with Crippen molar-refractivity contribution in [1.29, 1.82) is 0 Å². The van der Waals surface area contributed by atoms with Crippen LogP contribution in [0.1, 0.15) is 34.1 Å². The fourth-order valence-electron chi connectivity index (χ4n) is 1.84. The summed E-state index contributed by atoms with van der Waals surface area (Å²) in [6, 6.07) is 0.368. The Bertz CT molecular complexity index is 423. The van der Waals surface area contributed by atoms with Gasteiger partial charge in [0.2, 0.25) is 11.9 Å². The lowest BCUT2D eigenvalue weighted by atomic mass is 10.3. The second-order valence-electron chi connectivity index (χ2n) is 5.32. The Morgan fingerprint density at radius 2 is 1.84 bits per heavy atom. The Kier molecular flexibility index (Phi) is 4.39. The van der Waals surface area contributed by atoms with Gasteiger partial charge in [0.1, 0.15) is 0 Å². The number of rotatable bonds is 7. The Morgan fingerprint density at radius 1 is 1.21 bits per heavy atom. The van der Waals surface area contributed by atoms with E-state index in [2.05, 4.69) is 32.5 Å². The van der Waals surface area contributed by atoms with E-state index in [1.165, 1.54) is 6.42 Å². The summed E-state index contributed by atoms with van der Waals surface area (Å²) in [5, 5.41) is 6.36. The normalized spacial score (nSPS) is 21.3. The van der Waals surface area contributed by atoms with Gasteiger partial charge in [0, 0.05) is 13.1 Å². The molecule has 0 amide bonds. The summed E-state index contributed by atoms with van der Waals surface area (Å²) >= 11 is 0. The molecule has 1 aromatic heterocycles. The van der Waals surface area contributed by atoms with Gasteiger partial charge in [0.25, 0.3) is 0 Å². The molecule has 6 nitrogen and oxygen atoms in total. The Labute approximate surface area is 114 Å². The molecule has 2 atom stereocenters. The van der Waals surface area contributed by atoms with Crippen molar-refractivity contribution in [3.63, 3.8) is 0 Å². The van der Waals surface area contributed by atoms with Crippen LogP contribution in [0, 0.1) is 11.8 Å². The molecule has 1 aromatic rings. The summed E-state index contributed by atoms with van der Waals surface area (Å²) < 4.78 is 5.54. The fourth-order valence-corrected chi connectivity index (χ4v) is 1.84. The first-order valence-electron chi connectivity index (χ1n) is 6.99.